The molecule has 8 heteroatoms. The maximum Gasteiger partial charge on any atom is 0.240 e. The number of nitrogens with one attached hydrogen (secondary N) is 3. The predicted molar refractivity (Wildman–Crippen MR) is 128 cm³/mol. The molecule has 1 aromatic heterocycles. The second kappa shape index (κ2) is 9.21. The molecule has 1 amide bonds. The molecule has 1 saturated carbocycles. The first-order valence-corrected chi connectivity index (χ1v) is 12.9. The van der Waals surface area contributed by atoms with Gasteiger partial charge in [0.25, 0.3) is 0 Å². The van der Waals surface area contributed by atoms with Crippen molar-refractivity contribution >= 4 is 32.4 Å². The molecule has 2 aromatic carbocycles. The number of hydrogen-bond acceptors (Lipinski definition) is 5. The van der Waals surface area contributed by atoms with Crippen LogP contribution < -0.4 is 15.4 Å². The van der Waals surface area contributed by atoms with E-state index in [1.807, 2.05) is 36.4 Å². The van der Waals surface area contributed by atoms with Gasteiger partial charge in [0.15, 0.2) is 0 Å². The van der Waals surface area contributed by atoms with E-state index in [1.54, 1.807) is 24.5 Å². The standard InChI is InChI=1S/C25H28N4O3S/c30-25(29-21-4-1-20-16-27-12-9-19(20)13-21)24-14-23(24)18-2-5-22(6-3-18)33(31,32)28-15-17-7-10-26-11-8-17/h1-6,9,12-13,16-17,23-24,26,28H,7-8,10-11,14-15H2,(H,29,30)/t23?,24-/m1/s1. The topological polar surface area (TPSA) is 100 Å². The van der Waals surface area contributed by atoms with E-state index in [4.69, 9.17) is 0 Å². The number of carbonyl (C=O) groups is 1. The van der Waals surface area contributed by atoms with Crippen LogP contribution in [0.5, 0.6) is 0 Å². The second-order valence-electron chi connectivity index (χ2n) is 8.99. The van der Waals surface area contributed by atoms with Gasteiger partial charge < -0.3 is 10.6 Å². The first-order chi connectivity index (χ1) is 16.0. The lowest BCUT2D eigenvalue weighted by Gasteiger charge is -2.22. The zero-order valence-electron chi connectivity index (χ0n) is 18.3. The predicted octanol–water partition coefficient (Wildman–Crippen LogP) is 3.25. The van der Waals surface area contributed by atoms with Crippen molar-refractivity contribution in [2.24, 2.45) is 11.8 Å². The third-order valence-corrected chi connectivity index (χ3v) is 8.11. The fourth-order valence-electron chi connectivity index (χ4n) is 4.54. The lowest BCUT2D eigenvalue weighted by Crippen LogP contribution is -2.35. The van der Waals surface area contributed by atoms with Gasteiger partial charge in [-0.3, -0.25) is 9.78 Å². The summed E-state index contributed by atoms with van der Waals surface area (Å²) in [5, 5.41) is 8.36. The van der Waals surface area contributed by atoms with E-state index >= 15 is 0 Å². The quantitative estimate of drug-likeness (QED) is 0.498. The Morgan fingerprint density at radius 2 is 1.82 bits per heavy atom. The molecule has 5 rings (SSSR count). The molecule has 7 nitrogen and oxygen atoms in total. The molecule has 3 N–H and O–H groups in total. The Morgan fingerprint density at radius 3 is 2.61 bits per heavy atom. The molecule has 0 spiro atoms. The van der Waals surface area contributed by atoms with Crippen molar-refractivity contribution in [2.75, 3.05) is 25.0 Å². The van der Waals surface area contributed by atoms with Gasteiger partial charge in [-0.2, -0.15) is 0 Å². The minimum atomic E-state index is -3.52. The molecule has 2 atom stereocenters. The number of pyridine rings is 1. The molecule has 2 fully saturated rings. The van der Waals surface area contributed by atoms with Gasteiger partial charge >= 0.3 is 0 Å². The molecule has 2 aliphatic rings. The average molecular weight is 465 g/mol. The summed E-state index contributed by atoms with van der Waals surface area (Å²) in [6.07, 6.45) is 6.28. The minimum absolute atomic E-state index is 0.00579. The average Bonchev–Trinajstić information content (AvgIpc) is 3.65. The molecule has 1 aliphatic heterocycles. The van der Waals surface area contributed by atoms with Crippen molar-refractivity contribution in [3.63, 3.8) is 0 Å². The lowest BCUT2D eigenvalue weighted by atomic mass is 9.99. The number of fused-ring (bicyclic) bond motifs is 1. The van der Waals surface area contributed by atoms with Crippen molar-refractivity contribution < 1.29 is 13.2 Å². The highest BCUT2D eigenvalue weighted by Gasteiger charge is 2.44. The third kappa shape index (κ3) is 5.08. The van der Waals surface area contributed by atoms with E-state index < -0.39 is 10.0 Å². The first kappa shape index (κ1) is 22.0. The highest BCUT2D eigenvalue weighted by molar-refractivity contribution is 7.89. The van der Waals surface area contributed by atoms with Gasteiger partial charge in [0.1, 0.15) is 0 Å². The number of aromatic nitrogens is 1. The van der Waals surface area contributed by atoms with E-state index in [9.17, 15) is 13.2 Å². The highest BCUT2D eigenvalue weighted by atomic mass is 32.2. The summed E-state index contributed by atoms with van der Waals surface area (Å²) in [7, 11) is -3.52. The van der Waals surface area contributed by atoms with Crippen LogP contribution in [0.15, 0.2) is 65.8 Å². The maximum absolute atomic E-state index is 12.7. The fourth-order valence-corrected chi connectivity index (χ4v) is 5.66. The molecule has 0 bridgehead atoms. The third-order valence-electron chi connectivity index (χ3n) is 6.67. The van der Waals surface area contributed by atoms with E-state index in [0.29, 0.717) is 12.5 Å². The van der Waals surface area contributed by atoms with E-state index in [1.165, 1.54) is 0 Å². The van der Waals surface area contributed by atoms with Crippen molar-refractivity contribution in [1.29, 1.82) is 0 Å². The summed E-state index contributed by atoms with van der Waals surface area (Å²) in [6.45, 7) is 2.35. The van der Waals surface area contributed by atoms with E-state index in [-0.39, 0.29) is 22.6 Å². The SMILES string of the molecule is O=C(Nc1ccc2cnccc2c1)[C@@H]1CC1c1ccc(S(=O)(=O)NCC2CCNCC2)cc1. The Bertz CT molecular complexity index is 1250. The van der Waals surface area contributed by atoms with E-state index in [0.717, 1.165) is 54.4 Å². The van der Waals surface area contributed by atoms with Crippen LogP contribution in [0, 0.1) is 11.8 Å². The Labute approximate surface area is 194 Å². The number of nitrogens with zero attached hydrogens (tertiary/aromatic N) is 1. The van der Waals surface area contributed by atoms with Gasteiger partial charge in [0.2, 0.25) is 15.9 Å². The number of rotatable bonds is 7. The van der Waals surface area contributed by atoms with Gasteiger partial charge in [-0.25, -0.2) is 13.1 Å². The summed E-state index contributed by atoms with van der Waals surface area (Å²) in [6, 6.07) is 14.6. The monoisotopic (exact) mass is 464 g/mol. The Hall–Kier alpha value is -2.81. The molecule has 3 aromatic rings. The zero-order chi connectivity index (χ0) is 22.8. The van der Waals surface area contributed by atoms with Crippen LogP contribution in [0.1, 0.15) is 30.7 Å². The zero-order valence-corrected chi connectivity index (χ0v) is 19.1. The first-order valence-electron chi connectivity index (χ1n) is 11.4. The molecule has 1 aliphatic carbocycles. The van der Waals surface area contributed by atoms with Crippen molar-refractivity contribution in [3.05, 3.63) is 66.5 Å². The van der Waals surface area contributed by atoms with Crippen LogP contribution in [0.2, 0.25) is 0 Å². The summed E-state index contributed by atoms with van der Waals surface area (Å²) in [5.74, 6) is 0.395. The largest absolute Gasteiger partial charge is 0.326 e. The molecule has 2 heterocycles. The molecule has 0 radical (unpaired) electrons. The van der Waals surface area contributed by atoms with Gasteiger partial charge in [0.05, 0.1) is 4.90 Å². The molecule has 33 heavy (non-hydrogen) atoms. The number of anilines is 1. The summed E-state index contributed by atoms with van der Waals surface area (Å²) in [5.41, 5.74) is 1.77. The van der Waals surface area contributed by atoms with Crippen LogP contribution >= 0.6 is 0 Å². The highest BCUT2D eigenvalue weighted by Crippen LogP contribution is 2.48. The molecule has 172 valence electrons. The van der Waals surface area contributed by atoms with Crippen molar-refractivity contribution in [1.82, 2.24) is 15.0 Å². The summed E-state index contributed by atoms with van der Waals surface area (Å²) >= 11 is 0. The Balaban J connectivity index is 1.18. The number of sulfonamides is 1. The Morgan fingerprint density at radius 1 is 1.03 bits per heavy atom. The van der Waals surface area contributed by atoms with Crippen LogP contribution in [-0.4, -0.2) is 38.9 Å². The normalized spacial score (nSPS) is 21.1. The van der Waals surface area contributed by atoms with Crippen molar-refractivity contribution in [2.45, 2.75) is 30.1 Å². The lowest BCUT2D eigenvalue weighted by molar-refractivity contribution is -0.117. The molecule has 1 saturated heterocycles. The fraction of sp³-hybridized carbons (Fsp3) is 0.360. The maximum atomic E-state index is 12.7. The number of piperidine rings is 1. The van der Waals surface area contributed by atoms with Crippen LogP contribution in [0.25, 0.3) is 10.8 Å². The molecular weight excluding hydrogens is 436 g/mol. The van der Waals surface area contributed by atoms with E-state index in [2.05, 4.69) is 20.3 Å². The van der Waals surface area contributed by atoms with Crippen LogP contribution in [0.4, 0.5) is 5.69 Å². The van der Waals surface area contributed by atoms with Crippen LogP contribution in [0.3, 0.4) is 0 Å². The van der Waals surface area contributed by atoms with Crippen molar-refractivity contribution in [3.8, 4) is 0 Å². The number of carbonyl (C=O) groups excluding carboxylic acids is 1. The number of benzene rings is 2. The van der Waals surface area contributed by atoms with Gasteiger partial charge in [0, 0.05) is 35.9 Å². The Kier molecular flexibility index (Phi) is 6.14. The minimum Gasteiger partial charge on any atom is -0.326 e. The second-order valence-corrected chi connectivity index (χ2v) is 10.8. The number of amides is 1. The molecular formula is C25H28N4O3S. The summed E-state index contributed by atoms with van der Waals surface area (Å²) < 4.78 is 28.0. The van der Waals surface area contributed by atoms with Gasteiger partial charge in [-0.15, -0.1) is 0 Å². The van der Waals surface area contributed by atoms with Crippen LogP contribution in [-0.2, 0) is 14.8 Å². The van der Waals surface area contributed by atoms with Gasteiger partial charge in [-0.05, 0) is 85.5 Å². The smallest absolute Gasteiger partial charge is 0.240 e. The summed E-state index contributed by atoms with van der Waals surface area (Å²) in [4.78, 5) is 17.1. The molecule has 1 unspecified atom stereocenters. The number of hydrogen-bond donors (Lipinski definition) is 3. The van der Waals surface area contributed by atoms with Gasteiger partial charge in [-0.1, -0.05) is 18.2 Å².